The Hall–Kier alpha value is -0.330. The lowest BCUT2D eigenvalue weighted by Gasteiger charge is -2.14. The Morgan fingerprint density at radius 2 is 1.93 bits per heavy atom. The quantitative estimate of drug-likeness (QED) is 0.641. The fourth-order valence-electron chi connectivity index (χ4n) is 0.964. The molecule has 92 valence electrons. The average molecular weight is 229 g/mol. The summed E-state index contributed by atoms with van der Waals surface area (Å²) in [5.74, 6) is 0. The van der Waals surface area contributed by atoms with E-state index in [-0.39, 0.29) is 12.6 Å². The highest BCUT2D eigenvalue weighted by atomic mass is 19.4. The molecule has 0 spiro atoms. The lowest BCUT2D eigenvalue weighted by molar-refractivity contribution is -0.125. The van der Waals surface area contributed by atoms with Crippen molar-refractivity contribution in [3.8, 4) is 0 Å². The molecule has 0 aromatic heterocycles. The predicted octanol–water partition coefficient (Wildman–Crippen LogP) is 1.58. The van der Waals surface area contributed by atoms with E-state index in [1.54, 1.807) is 14.0 Å². The van der Waals surface area contributed by atoms with Gasteiger partial charge in [-0.3, -0.25) is 0 Å². The van der Waals surface area contributed by atoms with E-state index >= 15 is 0 Å². The summed E-state index contributed by atoms with van der Waals surface area (Å²) in [6, 6.07) is 0. The zero-order chi connectivity index (χ0) is 11.7. The molecule has 0 fully saturated rings. The normalized spacial score (nSPS) is 14.2. The molecule has 0 aliphatic carbocycles. The van der Waals surface area contributed by atoms with Crippen molar-refractivity contribution in [3.63, 3.8) is 0 Å². The van der Waals surface area contributed by atoms with Gasteiger partial charge in [0.1, 0.15) is 0 Å². The van der Waals surface area contributed by atoms with Crippen LogP contribution in [0.5, 0.6) is 0 Å². The van der Waals surface area contributed by atoms with Gasteiger partial charge < -0.3 is 14.8 Å². The van der Waals surface area contributed by atoms with E-state index in [0.717, 1.165) is 6.42 Å². The molecule has 0 saturated carbocycles. The summed E-state index contributed by atoms with van der Waals surface area (Å²) in [5, 5.41) is 2.28. The molecule has 0 radical (unpaired) electrons. The number of halogens is 3. The van der Waals surface area contributed by atoms with Crippen molar-refractivity contribution < 1.29 is 22.6 Å². The van der Waals surface area contributed by atoms with Crippen LogP contribution in [0, 0.1) is 0 Å². The summed E-state index contributed by atoms with van der Waals surface area (Å²) >= 11 is 0. The third-order valence-electron chi connectivity index (χ3n) is 1.65. The molecular weight excluding hydrogens is 211 g/mol. The first-order chi connectivity index (χ1) is 6.95. The molecule has 0 heterocycles. The second-order valence-electron chi connectivity index (χ2n) is 3.27. The summed E-state index contributed by atoms with van der Waals surface area (Å²) in [6.45, 7) is 2.06. The number of hydrogen-bond acceptors (Lipinski definition) is 3. The van der Waals surface area contributed by atoms with Gasteiger partial charge >= 0.3 is 6.18 Å². The molecule has 0 aromatic rings. The lowest BCUT2D eigenvalue weighted by Crippen LogP contribution is -2.34. The van der Waals surface area contributed by atoms with Crippen molar-refractivity contribution in [2.24, 2.45) is 0 Å². The van der Waals surface area contributed by atoms with E-state index in [4.69, 9.17) is 9.47 Å². The number of methoxy groups -OCH3 is 1. The predicted molar refractivity (Wildman–Crippen MR) is 50.8 cm³/mol. The second-order valence-corrected chi connectivity index (χ2v) is 3.27. The van der Waals surface area contributed by atoms with Gasteiger partial charge in [-0.15, -0.1) is 0 Å². The third-order valence-corrected chi connectivity index (χ3v) is 1.65. The SMILES string of the molecule is COCCCOC(C)CNCC(F)(F)F. The van der Waals surface area contributed by atoms with Crippen molar-refractivity contribution in [1.29, 1.82) is 0 Å². The Balaban J connectivity index is 3.29. The van der Waals surface area contributed by atoms with Gasteiger partial charge in [-0.25, -0.2) is 0 Å². The van der Waals surface area contributed by atoms with E-state index in [1.165, 1.54) is 0 Å². The fourth-order valence-corrected chi connectivity index (χ4v) is 0.964. The van der Waals surface area contributed by atoms with Crippen LogP contribution >= 0.6 is 0 Å². The van der Waals surface area contributed by atoms with Crippen molar-refractivity contribution in [2.45, 2.75) is 25.6 Å². The monoisotopic (exact) mass is 229 g/mol. The molecular formula is C9H18F3NO2. The number of nitrogens with one attached hydrogen (secondary N) is 1. The number of rotatable bonds is 8. The van der Waals surface area contributed by atoms with Crippen LogP contribution in [0.4, 0.5) is 13.2 Å². The maximum Gasteiger partial charge on any atom is 0.401 e. The van der Waals surface area contributed by atoms with Crippen LogP contribution < -0.4 is 5.32 Å². The standard InChI is InChI=1S/C9H18F3NO2/c1-8(15-5-3-4-14-2)6-13-7-9(10,11)12/h8,13H,3-7H2,1-2H3. The molecule has 0 rings (SSSR count). The minimum atomic E-state index is -4.16. The molecule has 1 N–H and O–H groups in total. The van der Waals surface area contributed by atoms with Gasteiger partial charge in [0.15, 0.2) is 0 Å². The molecule has 0 aromatic carbocycles. The first kappa shape index (κ1) is 14.7. The smallest absolute Gasteiger partial charge is 0.385 e. The van der Waals surface area contributed by atoms with E-state index in [0.29, 0.717) is 13.2 Å². The highest BCUT2D eigenvalue weighted by Crippen LogP contribution is 2.12. The Kier molecular flexibility index (Phi) is 7.72. The van der Waals surface area contributed by atoms with E-state index < -0.39 is 12.7 Å². The molecule has 0 saturated heterocycles. The summed E-state index contributed by atoms with van der Waals surface area (Å²) in [5.41, 5.74) is 0. The zero-order valence-electron chi connectivity index (χ0n) is 9.06. The molecule has 1 unspecified atom stereocenters. The first-order valence-corrected chi connectivity index (χ1v) is 4.83. The van der Waals surface area contributed by atoms with Gasteiger partial charge in [-0.1, -0.05) is 0 Å². The first-order valence-electron chi connectivity index (χ1n) is 4.83. The highest BCUT2D eigenvalue weighted by Gasteiger charge is 2.26. The summed E-state index contributed by atoms with van der Waals surface area (Å²) in [4.78, 5) is 0. The molecule has 15 heavy (non-hydrogen) atoms. The van der Waals surface area contributed by atoms with Gasteiger partial charge in [0.05, 0.1) is 12.6 Å². The van der Waals surface area contributed by atoms with Gasteiger partial charge in [0, 0.05) is 26.9 Å². The Morgan fingerprint density at radius 1 is 1.27 bits per heavy atom. The molecule has 3 nitrogen and oxygen atoms in total. The number of hydrogen-bond donors (Lipinski definition) is 1. The molecule has 0 amide bonds. The maximum absolute atomic E-state index is 11.7. The highest BCUT2D eigenvalue weighted by molar-refractivity contribution is 4.59. The minimum absolute atomic E-state index is 0.201. The second kappa shape index (κ2) is 7.90. The third kappa shape index (κ3) is 11.6. The van der Waals surface area contributed by atoms with Gasteiger partial charge in [-0.05, 0) is 13.3 Å². The Bertz CT molecular complexity index is 153. The van der Waals surface area contributed by atoms with E-state index in [9.17, 15) is 13.2 Å². The lowest BCUT2D eigenvalue weighted by atomic mass is 10.4. The van der Waals surface area contributed by atoms with Crippen molar-refractivity contribution >= 4 is 0 Å². The summed E-state index contributed by atoms with van der Waals surface area (Å²) in [7, 11) is 1.59. The molecule has 1 atom stereocenters. The summed E-state index contributed by atoms with van der Waals surface area (Å²) in [6.07, 6.45) is -3.63. The van der Waals surface area contributed by atoms with Gasteiger partial charge in [-0.2, -0.15) is 13.2 Å². The molecule has 0 aliphatic heterocycles. The van der Waals surface area contributed by atoms with Crippen LogP contribution in [0.25, 0.3) is 0 Å². The van der Waals surface area contributed by atoms with E-state index in [2.05, 4.69) is 5.32 Å². The average Bonchev–Trinajstić information content (AvgIpc) is 2.10. The van der Waals surface area contributed by atoms with Crippen LogP contribution in [0.1, 0.15) is 13.3 Å². The number of ether oxygens (including phenoxy) is 2. The molecule has 6 heteroatoms. The van der Waals surface area contributed by atoms with Crippen LogP contribution in [0.15, 0.2) is 0 Å². The molecule has 0 aliphatic rings. The van der Waals surface area contributed by atoms with Crippen LogP contribution in [-0.4, -0.2) is 45.7 Å². The van der Waals surface area contributed by atoms with E-state index in [1.807, 2.05) is 0 Å². The Labute approximate surface area is 87.9 Å². The summed E-state index contributed by atoms with van der Waals surface area (Å²) < 4.78 is 45.3. The zero-order valence-corrected chi connectivity index (χ0v) is 9.06. The topological polar surface area (TPSA) is 30.5 Å². The van der Waals surface area contributed by atoms with Gasteiger partial charge in [0.2, 0.25) is 0 Å². The van der Waals surface area contributed by atoms with Crippen molar-refractivity contribution in [2.75, 3.05) is 33.4 Å². The minimum Gasteiger partial charge on any atom is -0.385 e. The van der Waals surface area contributed by atoms with Crippen LogP contribution in [0.3, 0.4) is 0 Å². The van der Waals surface area contributed by atoms with Crippen molar-refractivity contribution in [3.05, 3.63) is 0 Å². The fraction of sp³-hybridized carbons (Fsp3) is 1.00. The van der Waals surface area contributed by atoms with Crippen molar-refractivity contribution in [1.82, 2.24) is 5.32 Å². The maximum atomic E-state index is 11.7. The van der Waals surface area contributed by atoms with Crippen LogP contribution in [-0.2, 0) is 9.47 Å². The Morgan fingerprint density at radius 3 is 2.47 bits per heavy atom. The van der Waals surface area contributed by atoms with Gasteiger partial charge in [0.25, 0.3) is 0 Å². The molecule has 0 bridgehead atoms. The largest absolute Gasteiger partial charge is 0.401 e. The van der Waals surface area contributed by atoms with Crippen LogP contribution in [0.2, 0.25) is 0 Å². The number of alkyl halides is 3.